The molecular weight excluding hydrogens is 381 g/mol. The van der Waals surface area contributed by atoms with Gasteiger partial charge in [-0.25, -0.2) is 27.5 Å². The van der Waals surface area contributed by atoms with E-state index >= 15 is 0 Å². The van der Waals surface area contributed by atoms with Crippen LogP contribution < -0.4 is 14.9 Å². The summed E-state index contributed by atoms with van der Waals surface area (Å²) in [5.74, 6) is 0.0367. The van der Waals surface area contributed by atoms with Crippen molar-refractivity contribution in [3.05, 3.63) is 41.6 Å². The summed E-state index contributed by atoms with van der Waals surface area (Å²) < 4.78 is 41.0. The molecule has 3 rings (SSSR count). The molecule has 2 heterocycles. The number of rotatable bonds is 5. The van der Waals surface area contributed by atoms with Crippen LogP contribution in [0.25, 0.3) is 0 Å². The van der Waals surface area contributed by atoms with E-state index < -0.39 is 15.8 Å². The van der Waals surface area contributed by atoms with Crippen molar-refractivity contribution in [3.8, 4) is 0 Å². The maximum absolute atomic E-state index is 13.3. The lowest BCUT2D eigenvalue weighted by Gasteiger charge is -2.34. The molecule has 1 unspecified atom stereocenters. The van der Waals surface area contributed by atoms with Gasteiger partial charge in [-0.2, -0.15) is 0 Å². The Labute approximate surface area is 156 Å². The molecule has 2 aromatic rings. The highest BCUT2D eigenvalue weighted by Gasteiger charge is 2.27. The van der Waals surface area contributed by atoms with E-state index in [1.807, 2.05) is 4.90 Å². The van der Waals surface area contributed by atoms with Crippen LogP contribution >= 0.6 is 11.6 Å². The third kappa shape index (κ3) is 4.05. The van der Waals surface area contributed by atoms with Gasteiger partial charge < -0.3 is 10.2 Å². The second-order valence-corrected chi connectivity index (χ2v) is 8.05. The predicted molar refractivity (Wildman–Crippen MR) is 98.5 cm³/mol. The summed E-state index contributed by atoms with van der Waals surface area (Å²) in [5.41, 5.74) is 0.600. The van der Waals surface area contributed by atoms with E-state index in [0.29, 0.717) is 29.6 Å². The molecular formula is C16H19ClFN5O2S. The zero-order valence-electron chi connectivity index (χ0n) is 14.1. The molecule has 2 N–H and O–H groups in total. The summed E-state index contributed by atoms with van der Waals surface area (Å²) in [4.78, 5) is 10.1. The van der Waals surface area contributed by atoms with Crippen molar-refractivity contribution in [1.82, 2.24) is 14.7 Å². The topological polar surface area (TPSA) is 87.2 Å². The van der Waals surface area contributed by atoms with Gasteiger partial charge in [0, 0.05) is 26.2 Å². The quantitative estimate of drug-likeness (QED) is 0.750. The number of nitrogens with zero attached hydrogens (tertiary/aromatic N) is 3. The van der Waals surface area contributed by atoms with Crippen molar-refractivity contribution in [2.75, 3.05) is 30.4 Å². The molecule has 0 spiro atoms. The van der Waals surface area contributed by atoms with Crippen LogP contribution in [0.4, 0.5) is 15.9 Å². The Hall–Kier alpha value is -1.97. The largest absolute Gasteiger partial charge is 0.383 e. The van der Waals surface area contributed by atoms with Gasteiger partial charge in [0.15, 0.2) is 11.0 Å². The molecule has 7 nitrogen and oxygen atoms in total. The van der Waals surface area contributed by atoms with Crippen LogP contribution in [0.3, 0.4) is 0 Å². The number of nitrogens with one attached hydrogen (secondary N) is 2. The first kappa shape index (κ1) is 18.8. The summed E-state index contributed by atoms with van der Waals surface area (Å²) in [6.07, 6.45) is 2.83. The first-order valence-electron chi connectivity index (χ1n) is 8.12. The summed E-state index contributed by atoms with van der Waals surface area (Å²) in [7, 11) is -2.08. The van der Waals surface area contributed by atoms with E-state index in [-0.39, 0.29) is 10.9 Å². The Morgan fingerprint density at radius 3 is 2.88 bits per heavy atom. The number of piperidine rings is 1. The van der Waals surface area contributed by atoms with Crippen LogP contribution in [0.2, 0.25) is 5.15 Å². The second-order valence-electron chi connectivity index (χ2n) is 5.98. The SMILES string of the molecule is CNc1c(Cl)ncnc1N1CCCC(NS(=O)(=O)c2cccc(F)c2)C1. The summed E-state index contributed by atoms with van der Waals surface area (Å²) in [5, 5.41) is 3.28. The van der Waals surface area contributed by atoms with Crippen LogP contribution in [0.1, 0.15) is 12.8 Å². The number of hydrogen-bond acceptors (Lipinski definition) is 6. The van der Waals surface area contributed by atoms with Crippen molar-refractivity contribution in [2.24, 2.45) is 0 Å². The summed E-state index contributed by atoms with van der Waals surface area (Å²) in [6.45, 7) is 1.15. The fraction of sp³-hybridized carbons (Fsp3) is 0.375. The van der Waals surface area contributed by atoms with Gasteiger partial charge in [-0.3, -0.25) is 0 Å². The molecule has 1 fully saturated rings. The van der Waals surface area contributed by atoms with Gasteiger partial charge in [0.25, 0.3) is 0 Å². The Morgan fingerprint density at radius 1 is 1.35 bits per heavy atom. The average Bonchev–Trinajstić information content (AvgIpc) is 2.61. The molecule has 10 heteroatoms. The van der Waals surface area contributed by atoms with Gasteiger partial charge in [-0.1, -0.05) is 17.7 Å². The molecule has 0 aliphatic carbocycles. The highest BCUT2D eigenvalue weighted by Crippen LogP contribution is 2.30. The van der Waals surface area contributed by atoms with Crippen molar-refractivity contribution in [3.63, 3.8) is 0 Å². The Morgan fingerprint density at radius 2 is 2.15 bits per heavy atom. The molecule has 1 aliphatic rings. The van der Waals surface area contributed by atoms with E-state index in [1.54, 1.807) is 7.05 Å². The Balaban J connectivity index is 1.78. The highest BCUT2D eigenvalue weighted by atomic mass is 35.5. The summed E-state index contributed by atoms with van der Waals surface area (Å²) in [6, 6.07) is 4.63. The lowest BCUT2D eigenvalue weighted by Crippen LogP contribution is -2.48. The number of halogens is 2. The van der Waals surface area contributed by atoms with Crippen molar-refractivity contribution in [1.29, 1.82) is 0 Å². The van der Waals surface area contributed by atoms with Gasteiger partial charge in [0.05, 0.1) is 4.90 Å². The number of benzene rings is 1. The van der Waals surface area contributed by atoms with Gasteiger partial charge in [0.1, 0.15) is 17.8 Å². The highest BCUT2D eigenvalue weighted by molar-refractivity contribution is 7.89. The lowest BCUT2D eigenvalue weighted by molar-refractivity contribution is 0.464. The van der Waals surface area contributed by atoms with E-state index in [4.69, 9.17) is 11.6 Å². The van der Waals surface area contributed by atoms with E-state index in [0.717, 1.165) is 19.0 Å². The van der Waals surface area contributed by atoms with Crippen LogP contribution in [-0.4, -0.2) is 44.6 Å². The minimum Gasteiger partial charge on any atom is -0.383 e. The Kier molecular flexibility index (Phi) is 5.59. The molecule has 1 aromatic carbocycles. The second kappa shape index (κ2) is 7.73. The third-order valence-electron chi connectivity index (χ3n) is 4.18. The van der Waals surface area contributed by atoms with Crippen molar-refractivity contribution in [2.45, 2.75) is 23.8 Å². The fourth-order valence-electron chi connectivity index (χ4n) is 3.00. The normalized spacial score (nSPS) is 18.0. The standard InChI is InChI=1S/C16H19ClFN5O2S/c1-19-14-15(17)20-10-21-16(14)23-7-3-5-12(9-23)22-26(24,25)13-6-2-4-11(18)8-13/h2,4,6,8,10,12,19,22H,3,5,7,9H2,1H3. The number of hydrogen-bond donors (Lipinski definition) is 2. The maximum atomic E-state index is 13.3. The number of sulfonamides is 1. The first-order valence-corrected chi connectivity index (χ1v) is 9.98. The number of aromatic nitrogens is 2. The van der Waals surface area contributed by atoms with E-state index in [2.05, 4.69) is 20.0 Å². The molecule has 1 aromatic heterocycles. The number of anilines is 2. The van der Waals surface area contributed by atoms with Crippen LogP contribution in [0.5, 0.6) is 0 Å². The van der Waals surface area contributed by atoms with E-state index in [1.165, 1.54) is 24.5 Å². The lowest BCUT2D eigenvalue weighted by atomic mass is 10.1. The smallest absolute Gasteiger partial charge is 0.240 e. The zero-order chi connectivity index (χ0) is 18.7. The van der Waals surface area contributed by atoms with Gasteiger partial charge in [0.2, 0.25) is 10.0 Å². The molecule has 140 valence electrons. The molecule has 26 heavy (non-hydrogen) atoms. The molecule has 1 atom stereocenters. The minimum atomic E-state index is -3.80. The Bertz CT molecular complexity index is 896. The fourth-order valence-corrected chi connectivity index (χ4v) is 4.51. The van der Waals surface area contributed by atoms with Crippen molar-refractivity contribution < 1.29 is 12.8 Å². The minimum absolute atomic E-state index is 0.0874. The molecule has 0 radical (unpaired) electrons. The van der Waals surface area contributed by atoms with Gasteiger partial charge >= 0.3 is 0 Å². The third-order valence-corrected chi connectivity index (χ3v) is 5.98. The molecule has 0 amide bonds. The van der Waals surface area contributed by atoms with Crippen LogP contribution in [0, 0.1) is 5.82 Å². The van der Waals surface area contributed by atoms with E-state index in [9.17, 15) is 12.8 Å². The van der Waals surface area contributed by atoms with Gasteiger partial charge in [-0.05, 0) is 31.0 Å². The van der Waals surface area contributed by atoms with Crippen LogP contribution in [0.15, 0.2) is 35.5 Å². The molecule has 0 bridgehead atoms. The predicted octanol–water partition coefficient (Wildman–Crippen LogP) is 2.26. The van der Waals surface area contributed by atoms with Gasteiger partial charge in [-0.15, -0.1) is 0 Å². The summed E-state index contributed by atoms with van der Waals surface area (Å²) >= 11 is 6.10. The molecule has 1 saturated heterocycles. The van der Waals surface area contributed by atoms with Crippen LogP contribution in [-0.2, 0) is 10.0 Å². The van der Waals surface area contributed by atoms with Crippen molar-refractivity contribution >= 4 is 33.1 Å². The molecule has 1 aliphatic heterocycles. The maximum Gasteiger partial charge on any atom is 0.240 e. The first-order chi connectivity index (χ1) is 12.4. The molecule has 0 saturated carbocycles. The average molecular weight is 400 g/mol. The monoisotopic (exact) mass is 399 g/mol. The zero-order valence-corrected chi connectivity index (χ0v) is 15.7.